The molecule has 156 valence electrons. The van der Waals surface area contributed by atoms with Crippen LogP contribution in [-0.4, -0.2) is 51.7 Å². The van der Waals surface area contributed by atoms with Gasteiger partial charge in [-0.1, -0.05) is 19.9 Å². The molecule has 0 aliphatic heterocycles. The van der Waals surface area contributed by atoms with Crippen LogP contribution in [0.4, 0.5) is 0 Å². The maximum atomic E-state index is 12.8. The zero-order valence-electron chi connectivity index (χ0n) is 17.7. The molecule has 0 bridgehead atoms. The third-order valence-corrected chi connectivity index (χ3v) is 7.27. The number of aliphatic hydroxyl groups is 1. The lowest BCUT2D eigenvalue weighted by molar-refractivity contribution is -0.143. The van der Waals surface area contributed by atoms with E-state index in [1.165, 1.54) is 18.9 Å². The normalized spacial score (nSPS) is 30.8. The summed E-state index contributed by atoms with van der Waals surface area (Å²) in [5.74, 6) is 0.0435. The number of carbonyl (C=O) groups is 1. The Morgan fingerprint density at radius 2 is 1.93 bits per heavy atom. The largest absolute Gasteiger partial charge is 0.504 e. The fourth-order valence-corrected chi connectivity index (χ4v) is 5.26. The van der Waals surface area contributed by atoms with E-state index in [0.717, 1.165) is 24.6 Å². The van der Waals surface area contributed by atoms with Gasteiger partial charge in [-0.15, -0.1) is 0 Å². The Morgan fingerprint density at radius 1 is 1.25 bits per heavy atom. The molecule has 2 fully saturated rings. The highest BCUT2D eigenvalue weighted by molar-refractivity contribution is 5.84. The molecule has 2 saturated carbocycles. The van der Waals surface area contributed by atoms with Crippen LogP contribution in [-0.2, 0) is 16.6 Å². The van der Waals surface area contributed by atoms with Gasteiger partial charge in [0.05, 0.1) is 5.60 Å². The molecule has 0 heterocycles. The van der Waals surface area contributed by atoms with E-state index in [0.29, 0.717) is 31.2 Å². The third kappa shape index (κ3) is 3.55. The zero-order valence-corrected chi connectivity index (χ0v) is 17.7. The molecular formula is C23H35NO4. The lowest BCUT2D eigenvalue weighted by atomic mass is 9.52. The first-order chi connectivity index (χ1) is 13.1. The zero-order chi connectivity index (χ0) is 20.7. The first-order valence-electron chi connectivity index (χ1n) is 10.6. The molecule has 3 N–H and O–H groups in total. The molecule has 3 rings (SSSR count). The van der Waals surface area contributed by atoms with Crippen molar-refractivity contribution in [2.45, 2.75) is 70.3 Å². The van der Waals surface area contributed by atoms with Crippen LogP contribution in [0.3, 0.4) is 0 Å². The van der Waals surface area contributed by atoms with Gasteiger partial charge in [0, 0.05) is 29.9 Å². The van der Waals surface area contributed by atoms with E-state index >= 15 is 0 Å². The van der Waals surface area contributed by atoms with Crippen molar-refractivity contribution in [2.24, 2.45) is 11.8 Å². The van der Waals surface area contributed by atoms with Crippen LogP contribution in [0.25, 0.3) is 0 Å². The molecule has 0 aromatic heterocycles. The Hall–Kier alpha value is -1.59. The summed E-state index contributed by atoms with van der Waals surface area (Å²) in [6.07, 6.45) is 4.46. The topological polar surface area (TPSA) is 81.0 Å². The highest BCUT2D eigenvalue weighted by Gasteiger charge is 2.58. The van der Waals surface area contributed by atoms with Crippen molar-refractivity contribution in [3.05, 3.63) is 23.3 Å². The number of phenolic OH excluding ortho intramolecular Hbond substituents is 2. The van der Waals surface area contributed by atoms with Crippen LogP contribution < -0.4 is 0 Å². The summed E-state index contributed by atoms with van der Waals surface area (Å²) < 4.78 is 0. The minimum atomic E-state index is -1.16. The van der Waals surface area contributed by atoms with Crippen LogP contribution in [0.2, 0.25) is 0 Å². The molecular weight excluding hydrogens is 354 g/mol. The highest BCUT2D eigenvalue weighted by Crippen LogP contribution is 2.55. The molecule has 0 saturated heterocycles. The van der Waals surface area contributed by atoms with Crippen molar-refractivity contribution in [2.75, 3.05) is 20.1 Å². The Kier molecular flexibility index (Phi) is 5.79. The quantitative estimate of drug-likeness (QED) is 0.623. The average Bonchev–Trinajstić information content (AvgIpc) is 3.45. The fraction of sp³-hybridized carbons (Fsp3) is 0.696. The van der Waals surface area contributed by atoms with E-state index in [1.807, 2.05) is 19.9 Å². The minimum Gasteiger partial charge on any atom is -0.504 e. The SMILES string of the molecule is CCc1ccc(O)c(O)c1C1(CCN(C)CC2CC2)C(C)C(=O)CCC1(C)O. The van der Waals surface area contributed by atoms with E-state index in [9.17, 15) is 20.1 Å². The van der Waals surface area contributed by atoms with Gasteiger partial charge in [-0.25, -0.2) is 0 Å². The van der Waals surface area contributed by atoms with Crippen LogP contribution >= 0.6 is 0 Å². The second kappa shape index (κ2) is 7.68. The van der Waals surface area contributed by atoms with Gasteiger partial charge < -0.3 is 20.2 Å². The number of phenols is 2. The molecule has 3 atom stereocenters. The number of hydrogen-bond donors (Lipinski definition) is 3. The molecule has 0 spiro atoms. The van der Waals surface area contributed by atoms with E-state index in [-0.39, 0.29) is 17.3 Å². The Balaban J connectivity index is 2.11. The summed E-state index contributed by atoms with van der Waals surface area (Å²) in [7, 11) is 2.08. The molecule has 2 aliphatic carbocycles. The lowest BCUT2D eigenvalue weighted by Crippen LogP contribution is -2.60. The van der Waals surface area contributed by atoms with Gasteiger partial charge in [0.15, 0.2) is 11.5 Å². The summed E-state index contributed by atoms with van der Waals surface area (Å²) >= 11 is 0. The molecule has 5 nitrogen and oxygen atoms in total. The second-order valence-electron chi connectivity index (χ2n) is 9.21. The van der Waals surface area contributed by atoms with Crippen LogP contribution in [0, 0.1) is 11.8 Å². The van der Waals surface area contributed by atoms with Crippen LogP contribution in [0.1, 0.15) is 64.0 Å². The summed E-state index contributed by atoms with van der Waals surface area (Å²) in [6, 6.07) is 3.30. The molecule has 0 radical (unpaired) electrons. The molecule has 3 unspecified atom stereocenters. The minimum absolute atomic E-state index is 0.112. The maximum Gasteiger partial charge on any atom is 0.161 e. The van der Waals surface area contributed by atoms with Crippen molar-refractivity contribution in [3.63, 3.8) is 0 Å². The van der Waals surface area contributed by atoms with Crippen molar-refractivity contribution in [1.82, 2.24) is 4.90 Å². The average molecular weight is 390 g/mol. The number of aryl methyl sites for hydroxylation is 1. The maximum absolute atomic E-state index is 12.8. The fourth-order valence-electron chi connectivity index (χ4n) is 5.26. The molecule has 5 heteroatoms. The number of ketones is 1. The van der Waals surface area contributed by atoms with Gasteiger partial charge in [0.1, 0.15) is 5.78 Å². The summed E-state index contributed by atoms with van der Waals surface area (Å²) in [6.45, 7) is 7.40. The highest BCUT2D eigenvalue weighted by atomic mass is 16.3. The van der Waals surface area contributed by atoms with E-state index in [1.54, 1.807) is 6.92 Å². The first kappa shape index (κ1) is 21.1. The lowest BCUT2D eigenvalue weighted by Gasteiger charge is -2.53. The number of rotatable bonds is 7. The number of Topliss-reactive ketones (excluding diaryl/α,β-unsaturated/α-hetero) is 1. The number of benzene rings is 1. The van der Waals surface area contributed by atoms with Gasteiger partial charge in [0.25, 0.3) is 0 Å². The number of nitrogens with zero attached hydrogens (tertiary/aromatic N) is 1. The number of carbonyl (C=O) groups excluding carboxylic acids is 1. The van der Waals surface area contributed by atoms with E-state index < -0.39 is 16.9 Å². The van der Waals surface area contributed by atoms with Crippen LogP contribution in [0.5, 0.6) is 11.5 Å². The molecule has 0 amide bonds. The van der Waals surface area contributed by atoms with Crippen LogP contribution in [0.15, 0.2) is 12.1 Å². The van der Waals surface area contributed by atoms with Gasteiger partial charge in [-0.2, -0.15) is 0 Å². The van der Waals surface area contributed by atoms with Crippen molar-refractivity contribution >= 4 is 5.78 Å². The van der Waals surface area contributed by atoms with Gasteiger partial charge in [0.2, 0.25) is 0 Å². The smallest absolute Gasteiger partial charge is 0.161 e. The summed E-state index contributed by atoms with van der Waals surface area (Å²) in [5, 5.41) is 32.8. The Bertz CT molecular complexity index is 740. The van der Waals surface area contributed by atoms with Crippen molar-refractivity contribution < 1.29 is 20.1 Å². The predicted octanol–water partition coefficient (Wildman–Crippen LogP) is 3.38. The standard InChI is InChI=1S/C23H35NO4/c1-5-17-8-9-19(26)21(27)20(17)23(12-13-24(4)14-16-6-7-16)15(2)18(25)10-11-22(23,3)28/h8-9,15-16,26-28H,5-7,10-14H2,1-4H3. The van der Waals surface area contributed by atoms with Gasteiger partial charge in [-0.3, -0.25) is 4.79 Å². The molecule has 1 aromatic carbocycles. The predicted molar refractivity (Wildman–Crippen MR) is 110 cm³/mol. The Labute approximate surface area is 168 Å². The van der Waals surface area contributed by atoms with Crippen molar-refractivity contribution in [3.8, 4) is 11.5 Å². The van der Waals surface area contributed by atoms with Gasteiger partial charge >= 0.3 is 0 Å². The summed E-state index contributed by atoms with van der Waals surface area (Å²) in [4.78, 5) is 15.1. The molecule has 1 aromatic rings. The summed E-state index contributed by atoms with van der Waals surface area (Å²) in [5.41, 5.74) is -0.660. The van der Waals surface area contributed by atoms with Gasteiger partial charge in [-0.05, 0) is 70.2 Å². The Morgan fingerprint density at radius 3 is 2.54 bits per heavy atom. The van der Waals surface area contributed by atoms with Crippen molar-refractivity contribution in [1.29, 1.82) is 0 Å². The number of aromatic hydroxyl groups is 2. The first-order valence-corrected chi connectivity index (χ1v) is 10.6. The van der Waals surface area contributed by atoms with E-state index in [4.69, 9.17) is 0 Å². The monoisotopic (exact) mass is 389 g/mol. The number of hydrogen-bond acceptors (Lipinski definition) is 5. The second-order valence-corrected chi connectivity index (χ2v) is 9.21. The molecule has 28 heavy (non-hydrogen) atoms. The molecule has 2 aliphatic rings. The third-order valence-electron chi connectivity index (χ3n) is 7.27. The van der Waals surface area contributed by atoms with E-state index in [2.05, 4.69) is 11.9 Å².